The first-order valence-corrected chi connectivity index (χ1v) is 10.7. The molecule has 1 N–H and O–H groups in total. The molecule has 1 aromatic rings. The fourth-order valence-corrected chi connectivity index (χ4v) is 5.37. The van der Waals surface area contributed by atoms with Crippen LogP contribution >= 0.6 is 0 Å². The normalized spacial score (nSPS) is 12.0. The van der Waals surface area contributed by atoms with Gasteiger partial charge in [0.2, 0.25) is 0 Å². The quantitative estimate of drug-likeness (QED) is 0.548. The van der Waals surface area contributed by atoms with Gasteiger partial charge in [-0.3, -0.25) is 0 Å². The van der Waals surface area contributed by atoms with Crippen LogP contribution in [0.2, 0.25) is 6.04 Å². The summed E-state index contributed by atoms with van der Waals surface area (Å²) in [6, 6.07) is 3.10. The summed E-state index contributed by atoms with van der Waals surface area (Å²) in [4.78, 5) is 3.39. The van der Waals surface area contributed by atoms with Gasteiger partial charge in [-0.2, -0.15) is 0 Å². The van der Waals surface area contributed by atoms with Gasteiger partial charge in [-0.15, -0.1) is 0 Å². The summed E-state index contributed by atoms with van der Waals surface area (Å²) in [5, 5.41) is 0. The SMILES string of the molecule is CCCCc1cc[nH]c1CCC[Si](OCC)(OCC)OCC. The molecule has 0 spiro atoms. The van der Waals surface area contributed by atoms with Crippen LogP contribution in [0, 0.1) is 0 Å². The van der Waals surface area contributed by atoms with Crippen LogP contribution in [0.3, 0.4) is 0 Å². The Morgan fingerprint density at radius 2 is 1.55 bits per heavy atom. The van der Waals surface area contributed by atoms with Crippen molar-refractivity contribution in [2.75, 3.05) is 19.8 Å². The minimum atomic E-state index is -2.49. The summed E-state index contributed by atoms with van der Waals surface area (Å²) in [5.41, 5.74) is 2.82. The maximum Gasteiger partial charge on any atom is 0.500 e. The van der Waals surface area contributed by atoms with Crippen molar-refractivity contribution in [2.45, 2.75) is 65.8 Å². The third kappa shape index (κ3) is 6.24. The highest BCUT2D eigenvalue weighted by Gasteiger charge is 2.39. The van der Waals surface area contributed by atoms with E-state index in [0.29, 0.717) is 19.8 Å². The van der Waals surface area contributed by atoms with Gasteiger partial charge in [-0.05, 0) is 58.1 Å². The number of aromatic nitrogens is 1. The lowest BCUT2D eigenvalue weighted by Gasteiger charge is -2.28. The van der Waals surface area contributed by atoms with Crippen molar-refractivity contribution < 1.29 is 13.3 Å². The summed E-state index contributed by atoms with van der Waals surface area (Å²) in [5.74, 6) is 0. The number of hydrogen-bond donors (Lipinski definition) is 1. The van der Waals surface area contributed by atoms with E-state index in [0.717, 1.165) is 18.9 Å². The highest BCUT2D eigenvalue weighted by Crippen LogP contribution is 2.21. The average molecular weight is 328 g/mol. The van der Waals surface area contributed by atoms with Gasteiger partial charge in [0.05, 0.1) is 0 Å². The molecule has 1 rings (SSSR count). The highest BCUT2D eigenvalue weighted by atomic mass is 28.4. The first kappa shape index (κ1) is 19.4. The molecule has 1 aromatic heterocycles. The third-order valence-electron chi connectivity index (χ3n) is 3.73. The summed E-state index contributed by atoms with van der Waals surface area (Å²) in [6.07, 6.45) is 7.78. The molecule has 1 heterocycles. The molecule has 0 saturated carbocycles. The molecule has 0 aliphatic heterocycles. The van der Waals surface area contributed by atoms with Gasteiger partial charge < -0.3 is 18.3 Å². The van der Waals surface area contributed by atoms with E-state index < -0.39 is 8.80 Å². The number of rotatable bonds is 13. The van der Waals surface area contributed by atoms with Crippen molar-refractivity contribution in [2.24, 2.45) is 0 Å². The van der Waals surface area contributed by atoms with Crippen LogP contribution in [0.4, 0.5) is 0 Å². The van der Waals surface area contributed by atoms with Crippen LogP contribution < -0.4 is 0 Å². The lowest BCUT2D eigenvalue weighted by molar-refractivity contribution is 0.0708. The summed E-state index contributed by atoms with van der Waals surface area (Å²) >= 11 is 0. The molecule has 4 nitrogen and oxygen atoms in total. The van der Waals surface area contributed by atoms with E-state index in [4.69, 9.17) is 13.3 Å². The topological polar surface area (TPSA) is 43.5 Å². The van der Waals surface area contributed by atoms with E-state index in [9.17, 15) is 0 Å². The molecule has 0 amide bonds. The highest BCUT2D eigenvalue weighted by molar-refractivity contribution is 6.60. The number of aromatic amines is 1. The first-order valence-electron chi connectivity index (χ1n) is 8.78. The summed E-state index contributed by atoms with van der Waals surface area (Å²) < 4.78 is 17.7. The molecular formula is C17H33NO3Si. The first-order chi connectivity index (χ1) is 10.7. The molecule has 0 aromatic carbocycles. The summed E-state index contributed by atoms with van der Waals surface area (Å²) in [6.45, 7) is 10.2. The molecule has 0 aliphatic rings. The van der Waals surface area contributed by atoms with Crippen LogP contribution in [0.15, 0.2) is 12.3 Å². The Morgan fingerprint density at radius 1 is 0.909 bits per heavy atom. The van der Waals surface area contributed by atoms with Crippen LogP contribution in [0.5, 0.6) is 0 Å². The second-order valence-electron chi connectivity index (χ2n) is 5.42. The molecule has 128 valence electrons. The minimum absolute atomic E-state index is 0.649. The van der Waals surface area contributed by atoms with Gasteiger partial charge in [0.15, 0.2) is 0 Å². The van der Waals surface area contributed by atoms with Crippen molar-refractivity contribution in [3.8, 4) is 0 Å². The van der Waals surface area contributed by atoms with Crippen LogP contribution in [-0.2, 0) is 26.1 Å². The zero-order chi connectivity index (χ0) is 16.3. The predicted molar refractivity (Wildman–Crippen MR) is 93.2 cm³/mol. The Balaban J connectivity index is 2.56. The van der Waals surface area contributed by atoms with Gasteiger partial charge in [0.25, 0.3) is 0 Å². The zero-order valence-corrected chi connectivity index (χ0v) is 15.7. The average Bonchev–Trinajstić information content (AvgIpc) is 2.93. The van der Waals surface area contributed by atoms with Gasteiger partial charge in [0, 0.05) is 37.8 Å². The Labute approximate surface area is 136 Å². The second-order valence-corrected chi connectivity index (χ2v) is 8.15. The van der Waals surface area contributed by atoms with Crippen molar-refractivity contribution in [3.05, 3.63) is 23.5 Å². The van der Waals surface area contributed by atoms with Gasteiger partial charge in [0.1, 0.15) is 0 Å². The number of H-pyrrole nitrogens is 1. The second kappa shape index (κ2) is 11.0. The number of nitrogens with one attached hydrogen (secondary N) is 1. The van der Waals surface area contributed by atoms with Crippen molar-refractivity contribution in [1.82, 2.24) is 4.98 Å². The Hall–Kier alpha value is -0.623. The standard InChI is InChI=1S/C17H33NO3Si/c1-5-9-11-16-13-14-18-17(16)12-10-15-22(19-6-2,20-7-3)21-8-4/h13-14,18H,5-12,15H2,1-4H3. The van der Waals surface area contributed by atoms with Crippen molar-refractivity contribution >= 4 is 8.80 Å². The molecule has 0 radical (unpaired) electrons. The van der Waals surface area contributed by atoms with E-state index in [-0.39, 0.29) is 0 Å². The van der Waals surface area contributed by atoms with Crippen molar-refractivity contribution in [3.63, 3.8) is 0 Å². The fraction of sp³-hybridized carbons (Fsp3) is 0.765. The molecule has 0 atom stereocenters. The van der Waals surface area contributed by atoms with Crippen LogP contribution in [0.25, 0.3) is 0 Å². The Kier molecular flexibility index (Phi) is 9.71. The maximum atomic E-state index is 5.91. The zero-order valence-electron chi connectivity index (χ0n) is 14.7. The Morgan fingerprint density at radius 3 is 2.09 bits per heavy atom. The number of unbranched alkanes of at least 4 members (excludes halogenated alkanes) is 1. The molecule has 22 heavy (non-hydrogen) atoms. The van der Waals surface area contributed by atoms with E-state index in [1.807, 2.05) is 20.8 Å². The Bertz CT molecular complexity index is 378. The monoisotopic (exact) mass is 327 g/mol. The van der Waals surface area contributed by atoms with Gasteiger partial charge in [-0.1, -0.05) is 13.3 Å². The molecule has 0 bridgehead atoms. The molecule has 0 aliphatic carbocycles. The molecular weight excluding hydrogens is 294 g/mol. The van der Waals surface area contributed by atoms with Crippen LogP contribution in [0.1, 0.15) is 58.2 Å². The molecule has 0 fully saturated rings. The largest absolute Gasteiger partial charge is 0.500 e. The molecule has 0 unspecified atom stereocenters. The third-order valence-corrected chi connectivity index (χ3v) is 6.88. The number of hydrogen-bond acceptors (Lipinski definition) is 3. The van der Waals surface area contributed by atoms with Crippen molar-refractivity contribution in [1.29, 1.82) is 0 Å². The van der Waals surface area contributed by atoms with Gasteiger partial charge >= 0.3 is 8.80 Å². The maximum absolute atomic E-state index is 5.91. The van der Waals surface area contributed by atoms with Crippen LogP contribution in [-0.4, -0.2) is 33.6 Å². The minimum Gasteiger partial charge on any atom is -0.374 e. The lowest BCUT2D eigenvalue weighted by atomic mass is 10.1. The summed E-state index contributed by atoms with van der Waals surface area (Å²) in [7, 11) is -2.49. The van der Waals surface area contributed by atoms with E-state index in [1.54, 1.807) is 0 Å². The van der Waals surface area contributed by atoms with E-state index >= 15 is 0 Å². The predicted octanol–water partition coefficient (Wildman–Crippen LogP) is 4.34. The van der Waals surface area contributed by atoms with E-state index in [2.05, 4.69) is 24.2 Å². The fourth-order valence-electron chi connectivity index (χ4n) is 2.75. The van der Waals surface area contributed by atoms with Gasteiger partial charge in [-0.25, -0.2) is 0 Å². The van der Waals surface area contributed by atoms with E-state index in [1.165, 1.54) is 30.5 Å². The lowest BCUT2D eigenvalue weighted by Crippen LogP contribution is -2.46. The smallest absolute Gasteiger partial charge is 0.374 e. The number of aryl methyl sites for hydroxylation is 2. The molecule has 0 saturated heterocycles. The molecule has 5 heteroatoms.